The van der Waals surface area contributed by atoms with Crippen LogP contribution in [-0.2, 0) is 10.0 Å². The molecule has 0 aliphatic rings. The average molecular weight is 321 g/mol. The van der Waals surface area contributed by atoms with Crippen LogP contribution >= 0.6 is 11.6 Å². The lowest BCUT2D eigenvalue weighted by Crippen LogP contribution is -2.16. The number of fused-ring (bicyclic) bond motifs is 1. The van der Waals surface area contributed by atoms with Crippen molar-refractivity contribution in [3.05, 3.63) is 58.9 Å². The van der Waals surface area contributed by atoms with Gasteiger partial charge in [-0.3, -0.25) is 0 Å². The Kier molecular flexibility index (Phi) is 3.26. The molecule has 4 nitrogen and oxygen atoms in total. The van der Waals surface area contributed by atoms with E-state index in [0.717, 1.165) is 14.9 Å². The highest BCUT2D eigenvalue weighted by molar-refractivity contribution is 7.89. The number of halogens is 1. The fraction of sp³-hybridized carbons (Fsp3) is 0.133. The summed E-state index contributed by atoms with van der Waals surface area (Å²) in [5, 5.41) is 6.26. The fourth-order valence-electron chi connectivity index (χ4n) is 2.26. The van der Waals surface area contributed by atoms with Gasteiger partial charge in [0.15, 0.2) is 0 Å². The molecule has 0 saturated carbocycles. The maximum atomic E-state index is 12.7. The van der Waals surface area contributed by atoms with Crippen LogP contribution in [0.15, 0.2) is 47.4 Å². The maximum absolute atomic E-state index is 12.7. The minimum absolute atomic E-state index is 0.198. The Morgan fingerprint density at radius 1 is 1.05 bits per heavy atom. The Balaban J connectivity index is 2.22. The van der Waals surface area contributed by atoms with Crippen molar-refractivity contribution in [3.8, 4) is 0 Å². The first-order valence-electron chi connectivity index (χ1n) is 6.37. The highest BCUT2D eigenvalue weighted by Gasteiger charge is 2.23. The summed E-state index contributed by atoms with van der Waals surface area (Å²) in [6.07, 6.45) is 0. The molecule has 2 aromatic carbocycles. The van der Waals surface area contributed by atoms with Crippen LogP contribution < -0.4 is 0 Å². The summed E-state index contributed by atoms with van der Waals surface area (Å²) in [4.78, 5) is 0.198. The number of benzene rings is 2. The number of hydrogen-bond donors (Lipinski definition) is 0. The molecule has 0 atom stereocenters. The van der Waals surface area contributed by atoms with E-state index in [2.05, 4.69) is 5.10 Å². The molecular formula is C15H13ClN2O2S. The number of hydrogen-bond acceptors (Lipinski definition) is 3. The van der Waals surface area contributed by atoms with E-state index in [-0.39, 0.29) is 4.90 Å². The second kappa shape index (κ2) is 4.86. The highest BCUT2D eigenvalue weighted by atomic mass is 35.5. The smallest absolute Gasteiger partial charge is 0.199 e. The van der Waals surface area contributed by atoms with Crippen molar-refractivity contribution in [1.82, 2.24) is 9.19 Å². The summed E-state index contributed by atoms with van der Waals surface area (Å²) in [6, 6.07) is 12.6. The molecule has 0 fully saturated rings. The van der Waals surface area contributed by atoms with Crippen molar-refractivity contribution >= 4 is 32.4 Å². The first kappa shape index (κ1) is 14.1. The molecule has 0 N–H and O–H groups in total. The molecule has 0 radical (unpaired) electrons. The van der Waals surface area contributed by atoms with E-state index >= 15 is 0 Å². The molecule has 21 heavy (non-hydrogen) atoms. The van der Waals surface area contributed by atoms with Crippen LogP contribution in [0.1, 0.15) is 11.4 Å². The zero-order valence-corrected chi connectivity index (χ0v) is 13.1. The summed E-state index contributed by atoms with van der Waals surface area (Å²) in [5.41, 5.74) is 0.917. The topological polar surface area (TPSA) is 52.0 Å². The standard InChI is InChI=1S/C15H13ClN2O2S/c1-10-15(16)11(2)18(17-10)21(19,20)14-8-7-12-5-3-4-6-13(12)9-14/h3-9H,1-2H3. The average Bonchev–Trinajstić information content (AvgIpc) is 2.75. The van der Waals surface area contributed by atoms with Crippen molar-refractivity contribution in [3.63, 3.8) is 0 Å². The van der Waals surface area contributed by atoms with Crippen LogP contribution in [-0.4, -0.2) is 17.6 Å². The van der Waals surface area contributed by atoms with E-state index in [1.807, 2.05) is 24.3 Å². The second-order valence-corrected chi connectivity index (χ2v) is 6.99. The van der Waals surface area contributed by atoms with E-state index in [4.69, 9.17) is 11.6 Å². The van der Waals surface area contributed by atoms with E-state index in [9.17, 15) is 8.42 Å². The molecule has 1 heterocycles. The van der Waals surface area contributed by atoms with Gasteiger partial charge in [0.25, 0.3) is 10.0 Å². The Labute approximate surface area is 128 Å². The molecule has 0 unspecified atom stereocenters. The first-order chi connectivity index (χ1) is 9.91. The Bertz CT molecular complexity index is 945. The third-order valence-electron chi connectivity index (χ3n) is 3.41. The number of aromatic nitrogens is 2. The van der Waals surface area contributed by atoms with Gasteiger partial charge in [-0.15, -0.1) is 0 Å². The molecule has 6 heteroatoms. The molecule has 0 bridgehead atoms. The van der Waals surface area contributed by atoms with Gasteiger partial charge in [-0.05, 0) is 36.8 Å². The largest absolute Gasteiger partial charge is 0.283 e. The SMILES string of the molecule is Cc1nn(S(=O)(=O)c2ccc3ccccc3c2)c(C)c1Cl. The van der Waals surface area contributed by atoms with Gasteiger partial charge in [-0.25, -0.2) is 0 Å². The van der Waals surface area contributed by atoms with Gasteiger partial charge >= 0.3 is 0 Å². The first-order valence-corrected chi connectivity index (χ1v) is 8.19. The molecule has 0 amide bonds. The van der Waals surface area contributed by atoms with E-state index in [1.165, 1.54) is 0 Å². The molecule has 0 aliphatic carbocycles. The van der Waals surface area contributed by atoms with Crippen molar-refractivity contribution < 1.29 is 8.42 Å². The van der Waals surface area contributed by atoms with Crippen molar-refractivity contribution in [2.24, 2.45) is 0 Å². The van der Waals surface area contributed by atoms with Crippen molar-refractivity contribution in [2.75, 3.05) is 0 Å². The Hall–Kier alpha value is -1.85. The molecule has 0 aliphatic heterocycles. The monoisotopic (exact) mass is 320 g/mol. The van der Waals surface area contributed by atoms with Gasteiger partial charge in [-0.1, -0.05) is 41.9 Å². The fourth-order valence-corrected chi connectivity index (χ4v) is 3.83. The predicted octanol–water partition coefficient (Wildman–Crippen LogP) is 3.54. The highest BCUT2D eigenvalue weighted by Crippen LogP contribution is 2.25. The van der Waals surface area contributed by atoms with E-state index in [1.54, 1.807) is 32.0 Å². The van der Waals surface area contributed by atoms with Crippen molar-refractivity contribution in [2.45, 2.75) is 18.7 Å². The molecular weight excluding hydrogens is 308 g/mol. The summed E-state index contributed by atoms with van der Waals surface area (Å²) >= 11 is 6.04. The second-order valence-electron chi connectivity index (χ2n) is 4.84. The molecule has 1 aromatic heterocycles. The summed E-state index contributed by atoms with van der Waals surface area (Å²) in [7, 11) is -3.74. The van der Waals surface area contributed by atoms with Gasteiger partial charge in [0, 0.05) is 0 Å². The van der Waals surface area contributed by atoms with Crippen LogP contribution in [0.3, 0.4) is 0 Å². The van der Waals surface area contributed by atoms with Gasteiger partial charge in [0.05, 0.1) is 21.3 Å². The molecule has 0 saturated heterocycles. The van der Waals surface area contributed by atoms with Gasteiger partial charge in [-0.2, -0.15) is 17.6 Å². The number of rotatable bonds is 2. The molecule has 3 aromatic rings. The number of aryl methyl sites for hydroxylation is 1. The van der Waals surface area contributed by atoms with Crippen LogP contribution in [0.2, 0.25) is 5.02 Å². The lowest BCUT2D eigenvalue weighted by Gasteiger charge is -2.07. The maximum Gasteiger partial charge on any atom is 0.283 e. The van der Waals surface area contributed by atoms with E-state index in [0.29, 0.717) is 16.4 Å². The third-order valence-corrected chi connectivity index (χ3v) is 5.62. The van der Waals surface area contributed by atoms with E-state index < -0.39 is 10.0 Å². The molecule has 3 rings (SSSR count). The molecule has 108 valence electrons. The molecule has 0 spiro atoms. The zero-order chi connectivity index (χ0) is 15.2. The quantitative estimate of drug-likeness (QED) is 0.725. The van der Waals surface area contributed by atoms with Crippen molar-refractivity contribution in [1.29, 1.82) is 0 Å². The van der Waals surface area contributed by atoms with Gasteiger partial charge in [0.2, 0.25) is 0 Å². The minimum Gasteiger partial charge on any atom is -0.199 e. The zero-order valence-electron chi connectivity index (χ0n) is 11.5. The van der Waals surface area contributed by atoms with Gasteiger partial charge < -0.3 is 0 Å². The van der Waals surface area contributed by atoms with Crippen LogP contribution in [0.5, 0.6) is 0 Å². The predicted molar refractivity (Wildman–Crippen MR) is 83.2 cm³/mol. The minimum atomic E-state index is -3.74. The van der Waals surface area contributed by atoms with Gasteiger partial charge in [0.1, 0.15) is 0 Å². The van der Waals surface area contributed by atoms with Crippen LogP contribution in [0.4, 0.5) is 0 Å². The van der Waals surface area contributed by atoms with Crippen LogP contribution in [0, 0.1) is 13.8 Å². The lowest BCUT2D eigenvalue weighted by molar-refractivity contribution is 0.578. The lowest BCUT2D eigenvalue weighted by atomic mass is 10.1. The Morgan fingerprint density at radius 2 is 1.71 bits per heavy atom. The van der Waals surface area contributed by atoms with Crippen LogP contribution in [0.25, 0.3) is 10.8 Å². The summed E-state index contributed by atoms with van der Waals surface area (Å²) < 4.78 is 26.4. The third kappa shape index (κ3) is 2.22. The Morgan fingerprint density at radius 3 is 2.33 bits per heavy atom. The summed E-state index contributed by atoms with van der Waals surface area (Å²) in [5.74, 6) is 0. The summed E-state index contributed by atoms with van der Waals surface area (Å²) in [6.45, 7) is 3.32. The number of nitrogens with zero attached hydrogens (tertiary/aromatic N) is 2. The normalized spacial score (nSPS) is 12.0.